The molecule has 0 spiro atoms. The molecule has 0 saturated heterocycles. The van der Waals surface area contributed by atoms with Crippen LogP contribution in [0, 0.1) is 6.92 Å². The Labute approximate surface area is 94.1 Å². The molecule has 2 N–H and O–H groups in total. The number of nitrogen functional groups attached to an aromatic ring is 1. The second-order valence-corrected chi connectivity index (χ2v) is 3.50. The monoisotopic (exact) mass is 218 g/mol. The van der Waals surface area contributed by atoms with Gasteiger partial charge in [-0.15, -0.1) is 0 Å². The van der Waals surface area contributed by atoms with Crippen molar-refractivity contribution in [3.63, 3.8) is 0 Å². The predicted molar refractivity (Wildman–Crippen MR) is 62.3 cm³/mol. The zero-order valence-electron chi connectivity index (χ0n) is 9.36. The Bertz CT molecular complexity index is 492. The Hall–Kier alpha value is -1.97. The van der Waals surface area contributed by atoms with Gasteiger partial charge >= 0.3 is 0 Å². The molecular weight excluding hydrogens is 204 g/mol. The first-order valence-corrected chi connectivity index (χ1v) is 5.15. The quantitative estimate of drug-likeness (QED) is 0.804. The molecule has 1 aromatic carbocycles. The van der Waals surface area contributed by atoms with Gasteiger partial charge in [-0.25, -0.2) is 4.98 Å². The highest BCUT2D eigenvalue weighted by atomic mass is 16.5. The lowest BCUT2D eigenvalue weighted by molar-refractivity contribution is 0.340. The van der Waals surface area contributed by atoms with E-state index in [0.717, 1.165) is 17.1 Å². The minimum atomic E-state index is 0.561. The van der Waals surface area contributed by atoms with Crippen molar-refractivity contribution in [3.8, 4) is 17.2 Å². The van der Waals surface area contributed by atoms with Crippen molar-refractivity contribution in [2.45, 2.75) is 13.8 Å². The van der Waals surface area contributed by atoms with Crippen LogP contribution in [-0.4, -0.2) is 11.6 Å². The number of rotatable bonds is 3. The maximum Gasteiger partial charge on any atom is 0.226 e. The molecular formula is C12H14N2O2. The molecule has 0 atom stereocenters. The topological polar surface area (TPSA) is 61.3 Å². The molecule has 0 bridgehead atoms. The number of hydrogen-bond donors (Lipinski definition) is 1. The molecule has 84 valence electrons. The highest BCUT2D eigenvalue weighted by Gasteiger charge is 2.07. The van der Waals surface area contributed by atoms with E-state index < -0.39 is 0 Å². The number of oxazole rings is 1. The number of ether oxygens (including phenoxy) is 1. The summed E-state index contributed by atoms with van der Waals surface area (Å²) in [7, 11) is 0. The third-order valence-electron chi connectivity index (χ3n) is 2.11. The molecule has 0 amide bonds. The molecule has 0 saturated carbocycles. The van der Waals surface area contributed by atoms with E-state index >= 15 is 0 Å². The minimum Gasteiger partial charge on any atom is -0.494 e. The van der Waals surface area contributed by atoms with Crippen LogP contribution in [0.1, 0.15) is 12.7 Å². The van der Waals surface area contributed by atoms with E-state index in [-0.39, 0.29) is 0 Å². The summed E-state index contributed by atoms with van der Waals surface area (Å²) in [6.45, 7) is 4.39. The van der Waals surface area contributed by atoms with Crippen molar-refractivity contribution in [3.05, 3.63) is 30.2 Å². The summed E-state index contributed by atoms with van der Waals surface area (Å²) >= 11 is 0. The van der Waals surface area contributed by atoms with Gasteiger partial charge < -0.3 is 14.9 Å². The van der Waals surface area contributed by atoms with Crippen LogP contribution in [0.25, 0.3) is 11.5 Å². The third-order valence-corrected chi connectivity index (χ3v) is 2.11. The molecule has 0 aliphatic rings. The normalized spacial score (nSPS) is 10.4. The molecule has 4 heteroatoms. The van der Waals surface area contributed by atoms with E-state index in [1.165, 1.54) is 0 Å². The van der Waals surface area contributed by atoms with Crippen LogP contribution < -0.4 is 10.5 Å². The zero-order chi connectivity index (χ0) is 11.5. The number of nitrogens with two attached hydrogens (primary N) is 1. The molecule has 2 aromatic rings. The molecule has 4 nitrogen and oxygen atoms in total. The fourth-order valence-electron chi connectivity index (χ4n) is 1.48. The lowest BCUT2D eigenvalue weighted by Gasteiger charge is -2.05. The molecule has 0 unspecified atom stereocenters. The van der Waals surface area contributed by atoms with Crippen LogP contribution in [0.15, 0.2) is 28.8 Å². The third kappa shape index (κ3) is 2.16. The van der Waals surface area contributed by atoms with Gasteiger partial charge in [-0.05, 0) is 26.0 Å². The fraction of sp³-hybridized carbons (Fsp3) is 0.250. The second kappa shape index (κ2) is 4.26. The highest BCUT2D eigenvalue weighted by Crippen LogP contribution is 2.26. The van der Waals surface area contributed by atoms with Crippen molar-refractivity contribution in [1.82, 2.24) is 4.98 Å². The summed E-state index contributed by atoms with van der Waals surface area (Å²) in [5.41, 5.74) is 7.25. The van der Waals surface area contributed by atoms with Gasteiger partial charge in [-0.2, -0.15) is 0 Å². The van der Waals surface area contributed by atoms with Crippen LogP contribution in [0.5, 0.6) is 5.75 Å². The van der Waals surface area contributed by atoms with Gasteiger partial charge in [0.25, 0.3) is 0 Å². The van der Waals surface area contributed by atoms with E-state index in [4.69, 9.17) is 14.9 Å². The number of nitrogens with zero attached hydrogens (tertiary/aromatic N) is 1. The number of hydrogen-bond acceptors (Lipinski definition) is 4. The first kappa shape index (κ1) is 10.5. The summed E-state index contributed by atoms with van der Waals surface area (Å²) < 4.78 is 10.8. The highest BCUT2D eigenvalue weighted by molar-refractivity contribution is 5.63. The Kier molecular flexibility index (Phi) is 2.81. The number of aromatic nitrogens is 1. The molecule has 1 aromatic heterocycles. The number of benzene rings is 1. The Balaban J connectivity index is 2.40. The lowest BCUT2D eigenvalue weighted by atomic mass is 10.2. The van der Waals surface area contributed by atoms with Crippen molar-refractivity contribution in [2.75, 3.05) is 12.3 Å². The van der Waals surface area contributed by atoms with Gasteiger partial charge in [0.15, 0.2) is 0 Å². The average molecular weight is 218 g/mol. The summed E-state index contributed by atoms with van der Waals surface area (Å²) in [5, 5.41) is 0. The van der Waals surface area contributed by atoms with Gasteiger partial charge in [0.1, 0.15) is 11.5 Å². The predicted octanol–water partition coefficient (Wildman–Crippen LogP) is 2.63. The molecule has 16 heavy (non-hydrogen) atoms. The van der Waals surface area contributed by atoms with Crippen LogP contribution >= 0.6 is 0 Å². The minimum absolute atomic E-state index is 0.561. The molecule has 0 aliphatic heterocycles. The van der Waals surface area contributed by atoms with Crippen molar-refractivity contribution in [1.29, 1.82) is 0 Å². The summed E-state index contributed by atoms with van der Waals surface area (Å²) in [6, 6.07) is 5.46. The molecule has 1 heterocycles. The van der Waals surface area contributed by atoms with E-state index in [1.54, 1.807) is 12.3 Å². The summed E-state index contributed by atoms with van der Waals surface area (Å²) in [4.78, 5) is 4.15. The van der Waals surface area contributed by atoms with E-state index in [9.17, 15) is 0 Å². The maximum atomic E-state index is 5.78. The summed E-state index contributed by atoms with van der Waals surface area (Å²) in [6.07, 6.45) is 1.68. The SMILES string of the molecule is CCOc1cc(N)cc(-c2ncc(C)o2)c1. The first-order valence-electron chi connectivity index (χ1n) is 5.15. The van der Waals surface area contributed by atoms with Crippen LogP contribution in [0.3, 0.4) is 0 Å². The van der Waals surface area contributed by atoms with Gasteiger partial charge in [0, 0.05) is 17.3 Å². The molecule has 0 aliphatic carbocycles. The summed E-state index contributed by atoms with van der Waals surface area (Å²) in [5.74, 6) is 2.06. The fourth-order valence-corrected chi connectivity index (χ4v) is 1.48. The Morgan fingerprint density at radius 3 is 2.81 bits per heavy atom. The molecule has 0 radical (unpaired) electrons. The lowest BCUT2D eigenvalue weighted by Crippen LogP contribution is -1.94. The van der Waals surface area contributed by atoms with Gasteiger partial charge in [0.05, 0.1) is 12.8 Å². The number of anilines is 1. The first-order chi connectivity index (χ1) is 7.69. The zero-order valence-corrected chi connectivity index (χ0v) is 9.36. The largest absolute Gasteiger partial charge is 0.494 e. The van der Waals surface area contributed by atoms with Gasteiger partial charge in [0.2, 0.25) is 5.89 Å². The maximum absolute atomic E-state index is 5.78. The van der Waals surface area contributed by atoms with Crippen molar-refractivity contribution < 1.29 is 9.15 Å². The molecule has 0 fully saturated rings. The number of aryl methyl sites for hydroxylation is 1. The average Bonchev–Trinajstić information content (AvgIpc) is 2.64. The van der Waals surface area contributed by atoms with Gasteiger partial charge in [-0.1, -0.05) is 0 Å². The van der Waals surface area contributed by atoms with E-state index in [1.807, 2.05) is 26.0 Å². The van der Waals surface area contributed by atoms with Crippen LogP contribution in [0.2, 0.25) is 0 Å². The smallest absolute Gasteiger partial charge is 0.226 e. The standard InChI is InChI=1S/C12H14N2O2/c1-3-15-11-5-9(4-10(13)6-11)12-14-7-8(2)16-12/h4-7H,3,13H2,1-2H3. The second-order valence-electron chi connectivity index (χ2n) is 3.50. The Morgan fingerprint density at radius 2 is 2.19 bits per heavy atom. The molecule has 2 rings (SSSR count). The van der Waals surface area contributed by atoms with Gasteiger partial charge in [-0.3, -0.25) is 0 Å². The van der Waals surface area contributed by atoms with E-state index in [0.29, 0.717) is 18.2 Å². The van der Waals surface area contributed by atoms with Crippen LogP contribution in [0.4, 0.5) is 5.69 Å². The van der Waals surface area contributed by atoms with Crippen molar-refractivity contribution in [2.24, 2.45) is 0 Å². The van der Waals surface area contributed by atoms with Crippen LogP contribution in [-0.2, 0) is 0 Å². The Morgan fingerprint density at radius 1 is 1.38 bits per heavy atom. The van der Waals surface area contributed by atoms with Crippen molar-refractivity contribution >= 4 is 5.69 Å². The van der Waals surface area contributed by atoms with E-state index in [2.05, 4.69) is 4.98 Å².